The maximum absolute atomic E-state index is 12.7. The fourth-order valence-corrected chi connectivity index (χ4v) is 7.18. The number of thioether (sulfide) groups is 1. The number of thiophene rings is 2. The van der Waals surface area contributed by atoms with Crippen LogP contribution in [0.5, 0.6) is 0 Å². The first kappa shape index (κ1) is 24.1. The van der Waals surface area contributed by atoms with E-state index >= 15 is 0 Å². The average Bonchev–Trinajstić information content (AvgIpc) is 3.48. The number of aryl methyl sites for hydroxylation is 1. The summed E-state index contributed by atoms with van der Waals surface area (Å²) >= 11 is 9.71. The van der Waals surface area contributed by atoms with Gasteiger partial charge in [-0.3, -0.25) is 14.5 Å². The zero-order valence-electron chi connectivity index (χ0n) is 18.2. The number of anilines is 1. The number of carbonyl (C=O) groups is 3. The topological polar surface area (TPSA) is 75.7 Å². The van der Waals surface area contributed by atoms with Crippen molar-refractivity contribution in [1.82, 2.24) is 4.90 Å². The Hall–Kier alpha value is -2.01. The van der Waals surface area contributed by atoms with Gasteiger partial charge in [-0.15, -0.1) is 22.7 Å². The molecule has 6 nitrogen and oxygen atoms in total. The molecule has 3 heterocycles. The molecule has 2 amide bonds. The van der Waals surface area contributed by atoms with Crippen LogP contribution in [0.4, 0.5) is 5.00 Å². The highest BCUT2D eigenvalue weighted by Gasteiger charge is 2.32. The molecular formula is C23H24N2O4S4. The Balaban J connectivity index is 1.36. The number of carbonyl (C=O) groups excluding carboxylic acids is 3. The zero-order valence-corrected chi connectivity index (χ0v) is 21.4. The second-order valence-corrected chi connectivity index (χ2v) is 11.4. The third-order valence-corrected chi connectivity index (χ3v) is 8.78. The van der Waals surface area contributed by atoms with Crippen LogP contribution in [0.25, 0.3) is 6.08 Å². The Bertz CT molecular complexity index is 1100. The SMILES string of the molecule is CCOC(=O)c1c(NC(=O)CCCN2C(=O)/C(=C\c3cccs3)SC2=S)sc2c1CCCC2. The van der Waals surface area contributed by atoms with Crippen molar-refractivity contribution >= 4 is 79.8 Å². The summed E-state index contributed by atoms with van der Waals surface area (Å²) in [5.74, 6) is -0.671. The molecule has 33 heavy (non-hydrogen) atoms. The van der Waals surface area contributed by atoms with Crippen LogP contribution in [0.15, 0.2) is 22.4 Å². The Morgan fingerprint density at radius 2 is 2.12 bits per heavy atom. The number of fused-ring (bicyclic) bond motifs is 1. The molecule has 1 aliphatic heterocycles. The minimum absolute atomic E-state index is 0.116. The number of rotatable bonds is 8. The number of esters is 1. The Morgan fingerprint density at radius 1 is 1.30 bits per heavy atom. The number of nitrogens with one attached hydrogen (secondary N) is 1. The molecule has 1 fully saturated rings. The lowest BCUT2D eigenvalue weighted by molar-refractivity contribution is -0.122. The van der Waals surface area contributed by atoms with Crippen molar-refractivity contribution in [2.45, 2.75) is 45.4 Å². The minimum atomic E-state index is -0.373. The van der Waals surface area contributed by atoms with Gasteiger partial charge in [0.15, 0.2) is 0 Å². The number of ether oxygens (including phenoxy) is 1. The molecule has 0 radical (unpaired) electrons. The molecule has 0 spiro atoms. The van der Waals surface area contributed by atoms with Gasteiger partial charge < -0.3 is 10.1 Å². The lowest BCUT2D eigenvalue weighted by Crippen LogP contribution is -2.29. The summed E-state index contributed by atoms with van der Waals surface area (Å²) < 4.78 is 5.76. The van der Waals surface area contributed by atoms with Crippen molar-refractivity contribution in [3.8, 4) is 0 Å². The molecule has 1 saturated heterocycles. The van der Waals surface area contributed by atoms with E-state index in [0.717, 1.165) is 41.0 Å². The van der Waals surface area contributed by atoms with E-state index in [1.54, 1.807) is 23.2 Å². The smallest absolute Gasteiger partial charge is 0.341 e. The number of nitrogens with zero attached hydrogens (tertiary/aromatic N) is 1. The van der Waals surface area contributed by atoms with Crippen LogP contribution in [0.1, 0.15) is 58.3 Å². The molecule has 174 valence electrons. The first-order valence-corrected chi connectivity index (χ1v) is 13.8. The van der Waals surface area contributed by atoms with E-state index in [9.17, 15) is 14.4 Å². The molecule has 0 bridgehead atoms. The van der Waals surface area contributed by atoms with Crippen molar-refractivity contribution in [3.63, 3.8) is 0 Å². The standard InChI is InChI=1S/C23H24N2O4S4/c1-2-29-22(28)19-15-8-3-4-9-16(15)32-20(19)24-18(26)10-5-11-25-21(27)17(33-23(25)30)13-14-7-6-12-31-14/h6-7,12-13H,2-5,8-11H2,1H3,(H,24,26)/b17-13+. The molecule has 2 aromatic rings. The van der Waals surface area contributed by atoms with E-state index in [0.29, 0.717) is 39.4 Å². The van der Waals surface area contributed by atoms with Crippen LogP contribution in [0, 0.1) is 0 Å². The summed E-state index contributed by atoms with van der Waals surface area (Å²) in [6, 6.07) is 3.89. The van der Waals surface area contributed by atoms with E-state index in [2.05, 4.69) is 5.32 Å². The summed E-state index contributed by atoms with van der Waals surface area (Å²) in [6.07, 6.45) is 6.45. The largest absolute Gasteiger partial charge is 0.462 e. The van der Waals surface area contributed by atoms with E-state index in [-0.39, 0.29) is 24.2 Å². The summed E-state index contributed by atoms with van der Waals surface area (Å²) in [6.45, 7) is 2.45. The highest BCUT2D eigenvalue weighted by Crippen LogP contribution is 2.39. The Morgan fingerprint density at radius 3 is 2.88 bits per heavy atom. The van der Waals surface area contributed by atoms with Gasteiger partial charge in [-0.25, -0.2) is 4.79 Å². The van der Waals surface area contributed by atoms with Gasteiger partial charge >= 0.3 is 5.97 Å². The molecule has 0 saturated carbocycles. The molecule has 0 atom stereocenters. The van der Waals surface area contributed by atoms with Gasteiger partial charge in [0.25, 0.3) is 5.91 Å². The summed E-state index contributed by atoms with van der Waals surface area (Å²) in [5.41, 5.74) is 1.54. The number of thiocarbonyl (C=S) groups is 1. The number of amides is 2. The van der Waals surface area contributed by atoms with Crippen LogP contribution >= 0.6 is 46.7 Å². The van der Waals surface area contributed by atoms with Gasteiger partial charge in [0.2, 0.25) is 5.91 Å². The van der Waals surface area contributed by atoms with E-state index in [1.807, 2.05) is 23.6 Å². The summed E-state index contributed by atoms with van der Waals surface area (Å²) in [4.78, 5) is 42.3. The van der Waals surface area contributed by atoms with E-state index in [4.69, 9.17) is 17.0 Å². The van der Waals surface area contributed by atoms with Gasteiger partial charge in [-0.2, -0.15) is 0 Å². The van der Waals surface area contributed by atoms with Crippen LogP contribution in [0.2, 0.25) is 0 Å². The normalized spacial score (nSPS) is 16.9. The van der Waals surface area contributed by atoms with Crippen LogP contribution in [-0.4, -0.2) is 40.2 Å². The monoisotopic (exact) mass is 520 g/mol. The third-order valence-electron chi connectivity index (χ3n) is 5.38. The lowest BCUT2D eigenvalue weighted by Gasteiger charge is -2.14. The maximum atomic E-state index is 12.7. The molecular weight excluding hydrogens is 497 g/mol. The second-order valence-electron chi connectivity index (χ2n) is 7.64. The predicted octanol–water partition coefficient (Wildman–Crippen LogP) is 5.49. The van der Waals surface area contributed by atoms with Gasteiger partial charge in [0, 0.05) is 22.7 Å². The third kappa shape index (κ3) is 5.56. The van der Waals surface area contributed by atoms with Crippen molar-refractivity contribution in [2.24, 2.45) is 0 Å². The summed E-state index contributed by atoms with van der Waals surface area (Å²) in [7, 11) is 0. The van der Waals surface area contributed by atoms with E-state index < -0.39 is 0 Å². The predicted molar refractivity (Wildman–Crippen MR) is 139 cm³/mol. The molecule has 2 aromatic heterocycles. The van der Waals surface area contributed by atoms with Gasteiger partial charge in [-0.05, 0) is 62.1 Å². The van der Waals surface area contributed by atoms with Crippen molar-refractivity contribution < 1.29 is 19.1 Å². The van der Waals surface area contributed by atoms with Crippen molar-refractivity contribution in [3.05, 3.63) is 43.3 Å². The first-order chi connectivity index (χ1) is 16.0. The van der Waals surface area contributed by atoms with E-state index in [1.165, 1.54) is 23.1 Å². The molecule has 0 aromatic carbocycles. The molecule has 2 aliphatic rings. The van der Waals surface area contributed by atoms with Gasteiger partial charge in [0.05, 0.1) is 17.1 Å². The van der Waals surface area contributed by atoms with Gasteiger partial charge in [-0.1, -0.05) is 30.0 Å². The molecule has 4 rings (SSSR count). The first-order valence-electron chi connectivity index (χ1n) is 10.9. The molecule has 1 aliphatic carbocycles. The maximum Gasteiger partial charge on any atom is 0.341 e. The van der Waals surface area contributed by atoms with Crippen LogP contribution < -0.4 is 5.32 Å². The number of hydrogen-bond acceptors (Lipinski definition) is 8. The fraction of sp³-hybridized carbons (Fsp3) is 0.391. The highest BCUT2D eigenvalue weighted by molar-refractivity contribution is 8.26. The Labute approximate surface area is 210 Å². The van der Waals surface area contributed by atoms with Gasteiger partial charge in [0.1, 0.15) is 9.32 Å². The second kappa shape index (κ2) is 10.9. The minimum Gasteiger partial charge on any atom is -0.462 e. The zero-order chi connectivity index (χ0) is 23.4. The molecule has 0 unspecified atom stereocenters. The van der Waals surface area contributed by atoms with Crippen molar-refractivity contribution in [1.29, 1.82) is 0 Å². The quantitative estimate of drug-likeness (QED) is 0.282. The fourth-order valence-electron chi connectivity index (χ4n) is 3.86. The average molecular weight is 521 g/mol. The highest BCUT2D eigenvalue weighted by atomic mass is 32.2. The number of hydrogen-bond donors (Lipinski definition) is 1. The Kier molecular flexibility index (Phi) is 8.00. The van der Waals surface area contributed by atoms with Crippen molar-refractivity contribution in [2.75, 3.05) is 18.5 Å². The van der Waals surface area contributed by atoms with Crippen LogP contribution in [-0.2, 0) is 27.2 Å². The molecule has 1 N–H and O–H groups in total. The van der Waals surface area contributed by atoms with Crippen LogP contribution in [0.3, 0.4) is 0 Å². The lowest BCUT2D eigenvalue weighted by atomic mass is 9.95. The summed E-state index contributed by atoms with van der Waals surface area (Å²) in [5, 5.41) is 5.46. The molecule has 10 heteroatoms.